The first-order valence-electron chi connectivity index (χ1n) is 7.38. The number of hydrogen-bond donors (Lipinski definition) is 1. The summed E-state index contributed by atoms with van der Waals surface area (Å²) in [4.78, 5) is 13.5. The molecule has 118 valence electrons. The Hall–Kier alpha value is -3.06. The fourth-order valence-corrected chi connectivity index (χ4v) is 3.10. The maximum absolute atomic E-state index is 4.69. The average Bonchev–Trinajstić information content (AvgIpc) is 3.25. The molecular weight excluding hydrogens is 320 g/mol. The van der Waals surface area contributed by atoms with E-state index in [1.807, 2.05) is 42.9 Å². The monoisotopic (exact) mass is 334 g/mol. The van der Waals surface area contributed by atoms with Crippen molar-refractivity contribution in [1.82, 2.24) is 24.7 Å². The lowest BCUT2D eigenvalue weighted by molar-refractivity contribution is 0.768. The summed E-state index contributed by atoms with van der Waals surface area (Å²) in [5, 5.41) is 10.3. The van der Waals surface area contributed by atoms with Gasteiger partial charge in [-0.2, -0.15) is 5.10 Å². The van der Waals surface area contributed by atoms with E-state index in [1.54, 1.807) is 28.4 Å². The standard InChI is InChI=1S/C17H14N6S/c1-23-10-13(9-19-23)20-17-18-8-7-14(22-17)15-11-24-16(21-15)12-5-3-2-4-6-12/h2-11H,1H3,(H,18,20,22). The van der Waals surface area contributed by atoms with Gasteiger partial charge in [0.2, 0.25) is 5.95 Å². The van der Waals surface area contributed by atoms with Crippen LogP contribution in [0, 0.1) is 0 Å². The Morgan fingerprint density at radius 1 is 1.04 bits per heavy atom. The number of benzene rings is 1. The lowest BCUT2D eigenvalue weighted by atomic mass is 10.2. The first kappa shape index (κ1) is 14.5. The molecule has 0 spiro atoms. The molecule has 0 radical (unpaired) electrons. The van der Waals surface area contributed by atoms with Crippen LogP contribution in [0.1, 0.15) is 0 Å². The van der Waals surface area contributed by atoms with E-state index in [9.17, 15) is 0 Å². The topological polar surface area (TPSA) is 68.5 Å². The number of anilines is 2. The van der Waals surface area contributed by atoms with E-state index in [4.69, 9.17) is 0 Å². The van der Waals surface area contributed by atoms with Crippen molar-refractivity contribution in [3.63, 3.8) is 0 Å². The summed E-state index contributed by atoms with van der Waals surface area (Å²) >= 11 is 1.61. The Morgan fingerprint density at radius 3 is 2.71 bits per heavy atom. The van der Waals surface area contributed by atoms with Crippen molar-refractivity contribution in [3.05, 3.63) is 60.4 Å². The predicted molar refractivity (Wildman–Crippen MR) is 95.1 cm³/mol. The largest absolute Gasteiger partial charge is 0.321 e. The number of rotatable bonds is 4. The van der Waals surface area contributed by atoms with Gasteiger partial charge in [0.15, 0.2) is 0 Å². The third-order valence-electron chi connectivity index (χ3n) is 3.40. The molecule has 0 bridgehead atoms. The number of hydrogen-bond acceptors (Lipinski definition) is 6. The van der Waals surface area contributed by atoms with E-state index in [0.29, 0.717) is 5.95 Å². The van der Waals surface area contributed by atoms with E-state index in [-0.39, 0.29) is 0 Å². The van der Waals surface area contributed by atoms with Gasteiger partial charge < -0.3 is 5.32 Å². The van der Waals surface area contributed by atoms with Gasteiger partial charge in [-0.1, -0.05) is 30.3 Å². The zero-order chi connectivity index (χ0) is 16.4. The van der Waals surface area contributed by atoms with Crippen LogP contribution in [-0.4, -0.2) is 24.7 Å². The molecule has 4 rings (SSSR count). The first-order valence-corrected chi connectivity index (χ1v) is 8.26. The molecule has 6 nitrogen and oxygen atoms in total. The van der Waals surface area contributed by atoms with Gasteiger partial charge in [-0.3, -0.25) is 4.68 Å². The molecule has 0 aliphatic heterocycles. The van der Waals surface area contributed by atoms with Crippen molar-refractivity contribution in [1.29, 1.82) is 0 Å². The third kappa shape index (κ3) is 3.02. The number of nitrogens with zero attached hydrogens (tertiary/aromatic N) is 5. The van der Waals surface area contributed by atoms with Crippen LogP contribution < -0.4 is 5.32 Å². The number of aryl methyl sites for hydroxylation is 1. The van der Waals surface area contributed by atoms with Gasteiger partial charge in [-0.05, 0) is 6.07 Å². The lowest BCUT2D eigenvalue weighted by Crippen LogP contribution is -1.97. The van der Waals surface area contributed by atoms with Gasteiger partial charge in [-0.15, -0.1) is 11.3 Å². The molecule has 0 fully saturated rings. The smallest absolute Gasteiger partial charge is 0.227 e. The molecule has 0 aliphatic rings. The van der Waals surface area contributed by atoms with Crippen LogP contribution >= 0.6 is 11.3 Å². The second-order valence-corrected chi connectivity index (χ2v) is 6.06. The predicted octanol–water partition coefficient (Wildman–Crippen LogP) is 3.74. The fraction of sp³-hybridized carbons (Fsp3) is 0.0588. The summed E-state index contributed by atoms with van der Waals surface area (Å²) in [6.07, 6.45) is 5.32. The molecule has 0 unspecified atom stereocenters. The minimum absolute atomic E-state index is 0.523. The van der Waals surface area contributed by atoms with Crippen LogP contribution in [0.2, 0.25) is 0 Å². The summed E-state index contributed by atoms with van der Waals surface area (Å²) < 4.78 is 1.72. The molecule has 0 saturated heterocycles. The van der Waals surface area contributed by atoms with E-state index >= 15 is 0 Å². The molecule has 1 aromatic carbocycles. The van der Waals surface area contributed by atoms with E-state index in [2.05, 4.69) is 37.5 Å². The number of thiazole rings is 1. The van der Waals surface area contributed by atoms with Crippen LogP contribution in [0.5, 0.6) is 0 Å². The zero-order valence-corrected chi connectivity index (χ0v) is 13.7. The van der Waals surface area contributed by atoms with Crippen molar-refractivity contribution in [2.75, 3.05) is 5.32 Å². The van der Waals surface area contributed by atoms with Crippen molar-refractivity contribution in [2.24, 2.45) is 7.05 Å². The van der Waals surface area contributed by atoms with Crippen LogP contribution in [0.3, 0.4) is 0 Å². The average molecular weight is 334 g/mol. The molecule has 0 atom stereocenters. The molecule has 3 heterocycles. The Kier molecular flexibility index (Phi) is 3.76. The quantitative estimate of drug-likeness (QED) is 0.616. The van der Waals surface area contributed by atoms with Crippen molar-refractivity contribution in [3.8, 4) is 22.0 Å². The van der Waals surface area contributed by atoms with Gasteiger partial charge >= 0.3 is 0 Å². The normalized spacial score (nSPS) is 10.7. The maximum atomic E-state index is 4.69. The molecule has 3 aromatic heterocycles. The number of nitrogens with one attached hydrogen (secondary N) is 1. The van der Waals surface area contributed by atoms with Gasteiger partial charge in [0, 0.05) is 30.4 Å². The summed E-state index contributed by atoms with van der Waals surface area (Å²) in [7, 11) is 1.86. The molecule has 4 aromatic rings. The van der Waals surface area contributed by atoms with Crippen LogP contribution in [0.25, 0.3) is 22.0 Å². The van der Waals surface area contributed by atoms with Gasteiger partial charge in [0.05, 0.1) is 17.6 Å². The molecule has 0 amide bonds. The Bertz CT molecular complexity index is 960. The molecule has 7 heteroatoms. The van der Waals surface area contributed by atoms with E-state index in [0.717, 1.165) is 27.6 Å². The highest BCUT2D eigenvalue weighted by molar-refractivity contribution is 7.13. The van der Waals surface area contributed by atoms with Gasteiger partial charge in [-0.25, -0.2) is 15.0 Å². The van der Waals surface area contributed by atoms with Crippen LogP contribution in [0.15, 0.2) is 60.4 Å². The Labute approximate surface area is 142 Å². The van der Waals surface area contributed by atoms with Crippen LogP contribution in [0.4, 0.5) is 11.6 Å². The fourth-order valence-electron chi connectivity index (χ4n) is 2.28. The minimum atomic E-state index is 0.523. The molecule has 1 N–H and O–H groups in total. The Balaban J connectivity index is 1.61. The van der Waals surface area contributed by atoms with E-state index < -0.39 is 0 Å². The lowest BCUT2D eigenvalue weighted by Gasteiger charge is -2.02. The number of aromatic nitrogens is 5. The van der Waals surface area contributed by atoms with Crippen LogP contribution in [-0.2, 0) is 7.05 Å². The Morgan fingerprint density at radius 2 is 1.92 bits per heavy atom. The SMILES string of the molecule is Cn1cc(Nc2nccc(-c3csc(-c4ccccc4)n3)n2)cn1. The zero-order valence-electron chi connectivity index (χ0n) is 12.9. The highest BCUT2D eigenvalue weighted by Gasteiger charge is 2.09. The highest BCUT2D eigenvalue weighted by atomic mass is 32.1. The molecule has 24 heavy (non-hydrogen) atoms. The molecular formula is C17H14N6S. The van der Waals surface area contributed by atoms with Gasteiger partial charge in [0.1, 0.15) is 10.7 Å². The maximum Gasteiger partial charge on any atom is 0.227 e. The van der Waals surface area contributed by atoms with Crippen molar-refractivity contribution < 1.29 is 0 Å². The summed E-state index contributed by atoms with van der Waals surface area (Å²) in [5.41, 5.74) is 3.58. The van der Waals surface area contributed by atoms with Gasteiger partial charge in [0.25, 0.3) is 0 Å². The van der Waals surface area contributed by atoms with Crippen molar-refractivity contribution >= 4 is 23.0 Å². The minimum Gasteiger partial charge on any atom is -0.321 e. The third-order valence-corrected chi connectivity index (χ3v) is 4.30. The van der Waals surface area contributed by atoms with Crippen molar-refractivity contribution in [2.45, 2.75) is 0 Å². The highest BCUT2D eigenvalue weighted by Crippen LogP contribution is 2.28. The molecule has 0 saturated carbocycles. The second-order valence-electron chi connectivity index (χ2n) is 5.20. The molecule has 0 aliphatic carbocycles. The summed E-state index contributed by atoms with van der Waals surface area (Å²) in [6, 6.07) is 12.0. The second kappa shape index (κ2) is 6.21. The summed E-state index contributed by atoms with van der Waals surface area (Å²) in [5.74, 6) is 0.523. The summed E-state index contributed by atoms with van der Waals surface area (Å²) in [6.45, 7) is 0. The van der Waals surface area contributed by atoms with E-state index in [1.165, 1.54) is 0 Å². The first-order chi connectivity index (χ1) is 11.8.